The first-order valence-corrected chi connectivity index (χ1v) is 12.0. The van der Waals surface area contributed by atoms with Gasteiger partial charge in [0, 0.05) is 21.7 Å². The van der Waals surface area contributed by atoms with Crippen molar-refractivity contribution in [3.05, 3.63) is 92.2 Å². The number of ether oxygens (including phenoxy) is 2. The van der Waals surface area contributed by atoms with Crippen LogP contribution in [0.3, 0.4) is 0 Å². The fraction of sp³-hybridized carbons (Fsp3) is 0.231. The molecule has 0 unspecified atom stereocenters. The lowest BCUT2D eigenvalue weighted by Crippen LogP contribution is -2.09. The van der Waals surface area contributed by atoms with E-state index in [1.807, 2.05) is 18.2 Å². The summed E-state index contributed by atoms with van der Waals surface area (Å²) in [4.78, 5) is 16.8. The fourth-order valence-electron chi connectivity index (χ4n) is 3.93. The second-order valence-electron chi connectivity index (χ2n) is 7.72. The van der Waals surface area contributed by atoms with Gasteiger partial charge in [0.1, 0.15) is 24.0 Å². The fourth-order valence-corrected chi connectivity index (χ4v) is 4.48. The van der Waals surface area contributed by atoms with Crippen LogP contribution in [0.1, 0.15) is 53.5 Å². The number of halogens is 4. The Morgan fingerprint density at radius 1 is 1.09 bits per heavy atom. The lowest BCUT2D eigenvalue weighted by Gasteiger charge is -2.16. The molecule has 0 atom stereocenters. The first kappa shape index (κ1) is 24.4. The van der Waals surface area contributed by atoms with Crippen LogP contribution in [0.2, 0.25) is 5.02 Å². The zero-order chi connectivity index (χ0) is 24.2. The smallest absolute Gasteiger partial charge is 0.358 e. The number of carbonyl (C=O) groups is 1. The van der Waals surface area contributed by atoms with E-state index in [1.165, 1.54) is 12.1 Å². The number of rotatable bonds is 7. The molecular formula is C26H21BrClF2NO3. The van der Waals surface area contributed by atoms with Gasteiger partial charge < -0.3 is 9.47 Å². The number of hydrogen-bond acceptors (Lipinski definition) is 4. The monoisotopic (exact) mass is 547 g/mol. The van der Waals surface area contributed by atoms with E-state index in [4.69, 9.17) is 21.1 Å². The van der Waals surface area contributed by atoms with Crippen molar-refractivity contribution in [2.45, 2.75) is 32.8 Å². The second kappa shape index (κ2) is 10.7. The number of benzene rings is 2. The molecule has 0 aliphatic heterocycles. The highest BCUT2D eigenvalue weighted by Gasteiger charge is 2.24. The molecule has 1 aliphatic rings. The molecule has 1 aliphatic carbocycles. The van der Waals surface area contributed by atoms with E-state index in [2.05, 4.69) is 20.9 Å². The number of nitrogens with zero attached hydrogens (tertiary/aromatic N) is 1. The Morgan fingerprint density at radius 2 is 1.88 bits per heavy atom. The van der Waals surface area contributed by atoms with Crippen LogP contribution in [0.25, 0.3) is 11.1 Å². The van der Waals surface area contributed by atoms with Crippen molar-refractivity contribution >= 4 is 44.6 Å². The number of carbonyl (C=O) groups excluding carboxylic acids is 1. The van der Waals surface area contributed by atoms with E-state index >= 15 is 0 Å². The maximum Gasteiger partial charge on any atom is 0.358 e. The number of pyridine rings is 1. The molecular weight excluding hydrogens is 528 g/mol. The summed E-state index contributed by atoms with van der Waals surface area (Å²) in [5.41, 5.74) is 3.85. The maximum absolute atomic E-state index is 14.1. The first-order chi connectivity index (χ1) is 16.4. The second-order valence-corrected chi connectivity index (χ2v) is 9.05. The number of allylic oxidation sites excluding steroid dienone is 2. The van der Waals surface area contributed by atoms with Crippen LogP contribution in [0, 0.1) is 11.6 Å². The van der Waals surface area contributed by atoms with Gasteiger partial charge in [0.15, 0.2) is 5.69 Å². The van der Waals surface area contributed by atoms with Crippen molar-refractivity contribution in [3.63, 3.8) is 0 Å². The molecule has 1 aromatic heterocycles. The number of hydrogen-bond donors (Lipinski definition) is 0. The van der Waals surface area contributed by atoms with Gasteiger partial charge in [0.05, 0.1) is 17.3 Å². The quantitative estimate of drug-likeness (QED) is 0.285. The van der Waals surface area contributed by atoms with Crippen molar-refractivity contribution in [3.8, 4) is 5.75 Å². The predicted molar refractivity (Wildman–Crippen MR) is 131 cm³/mol. The third kappa shape index (κ3) is 5.31. The number of aromatic nitrogens is 1. The minimum atomic E-state index is -0.656. The topological polar surface area (TPSA) is 48.4 Å². The van der Waals surface area contributed by atoms with E-state index < -0.39 is 17.6 Å². The summed E-state index contributed by atoms with van der Waals surface area (Å²) in [5.74, 6) is -1.29. The highest BCUT2D eigenvalue weighted by atomic mass is 79.9. The van der Waals surface area contributed by atoms with Crippen molar-refractivity contribution in [2.24, 2.45) is 0 Å². The minimum absolute atomic E-state index is 0.0461. The first-order valence-electron chi connectivity index (χ1n) is 10.8. The summed E-state index contributed by atoms with van der Waals surface area (Å²) in [5, 5.41) is 0.232. The molecule has 0 N–H and O–H groups in total. The Hall–Kier alpha value is -2.77. The van der Waals surface area contributed by atoms with Gasteiger partial charge in [-0.15, -0.1) is 0 Å². The van der Waals surface area contributed by atoms with Crippen molar-refractivity contribution < 1.29 is 23.0 Å². The Labute approximate surface area is 209 Å². The summed E-state index contributed by atoms with van der Waals surface area (Å²) >= 11 is 9.71. The predicted octanol–water partition coefficient (Wildman–Crippen LogP) is 7.63. The average molecular weight is 549 g/mol. The van der Waals surface area contributed by atoms with Crippen molar-refractivity contribution in [2.75, 3.05) is 6.61 Å². The van der Waals surface area contributed by atoms with E-state index in [0.29, 0.717) is 11.4 Å². The lowest BCUT2D eigenvalue weighted by molar-refractivity contribution is 0.0519. The molecule has 2 aromatic carbocycles. The van der Waals surface area contributed by atoms with Gasteiger partial charge in [-0.1, -0.05) is 27.5 Å². The highest BCUT2D eigenvalue weighted by Crippen LogP contribution is 2.43. The van der Waals surface area contributed by atoms with Crippen LogP contribution >= 0.6 is 27.5 Å². The average Bonchev–Trinajstić information content (AvgIpc) is 3.29. The third-order valence-corrected chi connectivity index (χ3v) is 6.31. The zero-order valence-electron chi connectivity index (χ0n) is 18.3. The van der Waals surface area contributed by atoms with Crippen LogP contribution in [0.5, 0.6) is 5.75 Å². The van der Waals surface area contributed by atoms with Crippen molar-refractivity contribution in [1.29, 1.82) is 0 Å². The Bertz CT molecular complexity index is 1280. The molecule has 34 heavy (non-hydrogen) atoms. The van der Waals surface area contributed by atoms with Crippen LogP contribution < -0.4 is 4.74 Å². The van der Waals surface area contributed by atoms with Crippen LogP contribution in [-0.4, -0.2) is 17.6 Å². The molecule has 176 valence electrons. The van der Waals surface area contributed by atoms with Gasteiger partial charge in [-0.2, -0.15) is 0 Å². The van der Waals surface area contributed by atoms with Crippen LogP contribution in [-0.2, 0) is 11.3 Å². The normalized spacial score (nSPS) is 13.3. The lowest BCUT2D eigenvalue weighted by atomic mass is 9.99. The summed E-state index contributed by atoms with van der Waals surface area (Å²) < 4.78 is 39.3. The Balaban J connectivity index is 1.71. The summed E-state index contributed by atoms with van der Waals surface area (Å²) in [7, 11) is 0. The number of esters is 1. The Morgan fingerprint density at radius 3 is 2.65 bits per heavy atom. The van der Waals surface area contributed by atoms with Gasteiger partial charge in [0.25, 0.3) is 0 Å². The zero-order valence-corrected chi connectivity index (χ0v) is 20.7. The van der Waals surface area contributed by atoms with E-state index in [9.17, 15) is 13.6 Å². The molecule has 4 rings (SSSR count). The van der Waals surface area contributed by atoms with Crippen molar-refractivity contribution in [1.82, 2.24) is 4.98 Å². The minimum Gasteiger partial charge on any atom is -0.488 e. The van der Waals surface area contributed by atoms with Gasteiger partial charge >= 0.3 is 5.97 Å². The molecule has 0 radical (unpaired) electrons. The molecule has 0 saturated carbocycles. The van der Waals surface area contributed by atoms with Gasteiger partial charge in [-0.25, -0.2) is 18.6 Å². The molecule has 0 bridgehead atoms. The molecule has 0 amide bonds. The third-order valence-electron chi connectivity index (χ3n) is 5.51. The van der Waals surface area contributed by atoms with E-state index in [1.54, 1.807) is 19.1 Å². The van der Waals surface area contributed by atoms with Gasteiger partial charge in [0.2, 0.25) is 0 Å². The van der Waals surface area contributed by atoms with E-state index in [0.717, 1.165) is 46.5 Å². The molecule has 8 heteroatoms. The molecule has 3 aromatic rings. The standard InChI is InChI=1S/C26H21BrClF2NO3/c1-2-33-26(32)25-21(28)9-10-23(31-25)19-5-3-4-18(19)20-12-16(27)7-11-24(20)34-14-15-6-8-17(29)13-22(15)30/h6-13H,2-5,14H2,1H3. The Kier molecular flexibility index (Phi) is 7.63. The molecule has 4 nitrogen and oxygen atoms in total. The molecule has 0 fully saturated rings. The highest BCUT2D eigenvalue weighted by molar-refractivity contribution is 9.10. The van der Waals surface area contributed by atoms with Gasteiger partial charge in [-0.05, 0) is 79.8 Å². The summed E-state index contributed by atoms with van der Waals surface area (Å²) in [6.45, 7) is 1.90. The molecule has 0 saturated heterocycles. The van der Waals surface area contributed by atoms with Crippen LogP contribution in [0.15, 0.2) is 53.0 Å². The van der Waals surface area contributed by atoms with E-state index in [-0.39, 0.29) is 29.5 Å². The summed E-state index contributed by atoms with van der Waals surface area (Å²) in [6, 6.07) is 12.4. The maximum atomic E-state index is 14.1. The largest absolute Gasteiger partial charge is 0.488 e. The van der Waals surface area contributed by atoms with Crippen LogP contribution in [0.4, 0.5) is 8.78 Å². The summed E-state index contributed by atoms with van der Waals surface area (Å²) in [6.07, 6.45) is 2.46. The molecule has 1 heterocycles. The SMILES string of the molecule is CCOC(=O)c1nc(C2=C(c3cc(Br)ccc3OCc3ccc(F)cc3F)CCC2)ccc1Cl. The van der Waals surface area contributed by atoms with Gasteiger partial charge in [-0.3, -0.25) is 0 Å². The molecule has 0 spiro atoms.